The number of anilines is 1. The molecule has 1 saturated heterocycles. The molecule has 1 aliphatic heterocycles. The molecule has 1 unspecified atom stereocenters. The summed E-state index contributed by atoms with van der Waals surface area (Å²) in [6.07, 6.45) is 4.77. The van der Waals surface area contributed by atoms with E-state index in [9.17, 15) is 0 Å². The zero-order valence-electron chi connectivity index (χ0n) is 14.0. The highest BCUT2D eigenvalue weighted by atomic mass is 15.3. The molecule has 1 fully saturated rings. The van der Waals surface area contributed by atoms with Gasteiger partial charge in [0.1, 0.15) is 17.8 Å². The highest BCUT2D eigenvalue weighted by Crippen LogP contribution is 2.27. The summed E-state index contributed by atoms with van der Waals surface area (Å²) in [4.78, 5) is 17.0. The summed E-state index contributed by atoms with van der Waals surface area (Å²) in [6, 6.07) is 13.3. The van der Waals surface area contributed by atoms with Crippen molar-refractivity contribution in [1.82, 2.24) is 19.9 Å². The Labute approximate surface area is 142 Å². The number of nitrogens with zero attached hydrogens (tertiary/aromatic N) is 4. The van der Waals surface area contributed by atoms with Gasteiger partial charge in [-0.15, -0.1) is 0 Å². The van der Waals surface area contributed by atoms with Crippen LogP contribution in [-0.4, -0.2) is 45.5 Å². The van der Waals surface area contributed by atoms with Crippen molar-refractivity contribution in [3.63, 3.8) is 0 Å². The lowest BCUT2D eigenvalue weighted by Gasteiger charge is -2.29. The molecule has 0 bridgehead atoms. The molecule has 1 aliphatic rings. The lowest BCUT2D eigenvalue weighted by atomic mass is 10.2. The molecule has 0 radical (unpaired) electrons. The van der Waals surface area contributed by atoms with E-state index in [0.717, 1.165) is 43.0 Å². The van der Waals surface area contributed by atoms with Gasteiger partial charge in [0.2, 0.25) is 0 Å². The van der Waals surface area contributed by atoms with Gasteiger partial charge in [-0.05, 0) is 25.0 Å². The average Bonchev–Trinajstić information content (AvgIpc) is 3.26. The number of hydrogen-bond acceptors (Lipinski definition) is 4. The summed E-state index contributed by atoms with van der Waals surface area (Å²) >= 11 is 0. The van der Waals surface area contributed by atoms with Crippen LogP contribution in [0.4, 0.5) is 5.82 Å². The molecule has 1 aromatic carbocycles. The Balaban J connectivity index is 1.51. The molecule has 0 aliphatic carbocycles. The van der Waals surface area contributed by atoms with Gasteiger partial charge in [-0.25, -0.2) is 9.97 Å². The minimum absolute atomic E-state index is 0.506. The number of nitrogens with one attached hydrogen (secondary N) is 1. The molecule has 4 rings (SSSR count). The molecule has 5 heteroatoms. The van der Waals surface area contributed by atoms with Crippen LogP contribution in [0.5, 0.6) is 0 Å². The zero-order valence-corrected chi connectivity index (χ0v) is 14.0. The third-order valence-electron chi connectivity index (χ3n) is 4.88. The number of benzene rings is 1. The first-order valence-electron chi connectivity index (χ1n) is 8.66. The molecule has 0 saturated carbocycles. The Hall–Kier alpha value is -2.40. The van der Waals surface area contributed by atoms with Crippen molar-refractivity contribution < 1.29 is 0 Å². The second kappa shape index (κ2) is 6.61. The normalized spacial score (nSPS) is 18.3. The highest BCUT2D eigenvalue weighted by Gasteiger charge is 2.28. The van der Waals surface area contributed by atoms with Gasteiger partial charge in [0.25, 0.3) is 0 Å². The van der Waals surface area contributed by atoms with Crippen LogP contribution in [0.25, 0.3) is 11.0 Å². The largest absolute Gasteiger partial charge is 0.352 e. The van der Waals surface area contributed by atoms with Crippen molar-refractivity contribution in [2.45, 2.75) is 25.9 Å². The highest BCUT2D eigenvalue weighted by molar-refractivity contribution is 5.87. The number of likely N-dealkylation sites (N-methyl/N-ethyl adjacent to an activating group) is 1. The zero-order chi connectivity index (χ0) is 16.4. The van der Waals surface area contributed by atoms with Gasteiger partial charge in [0.05, 0.1) is 5.39 Å². The van der Waals surface area contributed by atoms with Gasteiger partial charge in [-0.3, -0.25) is 4.90 Å². The molecular weight excluding hydrogens is 298 g/mol. The van der Waals surface area contributed by atoms with Gasteiger partial charge >= 0.3 is 0 Å². The van der Waals surface area contributed by atoms with Gasteiger partial charge in [0, 0.05) is 38.4 Å². The van der Waals surface area contributed by atoms with E-state index >= 15 is 0 Å². The summed E-state index contributed by atoms with van der Waals surface area (Å²) in [5, 5.41) is 1.11. The van der Waals surface area contributed by atoms with Crippen LogP contribution in [0, 0.1) is 0 Å². The predicted octanol–water partition coefficient (Wildman–Crippen LogP) is 3.06. The molecule has 3 heterocycles. The summed E-state index contributed by atoms with van der Waals surface area (Å²) in [7, 11) is 0. The van der Waals surface area contributed by atoms with Crippen LogP contribution in [0.3, 0.4) is 0 Å². The Bertz CT molecular complexity index is 798. The molecule has 124 valence electrons. The standard InChI is InChI=1S/C19H23N5/c1-2-24(19-17-8-10-20-18(17)21-14-22-19)16-9-11-23(13-16)12-15-6-4-3-5-7-15/h3-8,10,14,16H,2,9,11-13H2,1H3,(H,20,21,22). The Morgan fingerprint density at radius 1 is 1.21 bits per heavy atom. The van der Waals surface area contributed by atoms with Crippen LogP contribution < -0.4 is 4.90 Å². The van der Waals surface area contributed by atoms with E-state index in [2.05, 4.69) is 68.1 Å². The van der Waals surface area contributed by atoms with Gasteiger partial charge in [0.15, 0.2) is 0 Å². The van der Waals surface area contributed by atoms with Gasteiger partial charge in [-0.2, -0.15) is 0 Å². The SMILES string of the molecule is CCN(c1ncnc2[nH]ccc12)C1CCN(Cc2ccccc2)C1. The molecule has 24 heavy (non-hydrogen) atoms. The molecule has 3 aromatic rings. The van der Waals surface area contributed by atoms with Gasteiger partial charge < -0.3 is 9.88 Å². The van der Waals surface area contributed by atoms with Gasteiger partial charge in [-0.1, -0.05) is 30.3 Å². The number of aromatic nitrogens is 3. The lowest BCUT2D eigenvalue weighted by Crippen LogP contribution is -2.38. The minimum atomic E-state index is 0.506. The van der Waals surface area contributed by atoms with Crippen molar-refractivity contribution in [2.75, 3.05) is 24.5 Å². The molecular formula is C19H23N5. The molecule has 1 atom stereocenters. The van der Waals surface area contributed by atoms with E-state index in [4.69, 9.17) is 0 Å². The summed E-state index contributed by atoms with van der Waals surface area (Å²) < 4.78 is 0. The van der Waals surface area contributed by atoms with E-state index in [-0.39, 0.29) is 0 Å². The van der Waals surface area contributed by atoms with Crippen molar-refractivity contribution in [3.8, 4) is 0 Å². The minimum Gasteiger partial charge on any atom is -0.352 e. The topological polar surface area (TPSA) is 48.1 Å². The van der Waals surface area contributed by atoms with Crippen LogP contribution in [0.1, 0.15) is 18.9 Å². The van der Waals surface area contributed by atoms with E-state index in [1.807, 2.05) is 6.20 Å². The Kier molecular flexibility index (Phi) is 4.17. The quantitative estimate of drug-likeness (QED) is 0.784. The molecule has 2 aromatic heterocycles. The van der Waals surface area contributed by atoms with Crippen LogP contribution in [-0.2, 0) is 6.54 Å². The van der Waals surface area contributed by atoms with Crippen LogP contribution in [0.2, 0.25) is 0 Å². The van der Waals surface area contributed by atoms with E-state index in [1.165, 1.54) is 12.0 Å². The average molecular weight is 321 g/mol. The lowest BCUT2D eigenvalue weighted by molar-refractivity contribution is 0.325. The second-order valence-electron chi connectivity index (χ2n) is 6.39. The molecule has 0 amide bonds. The first kappa shape index (κ1) is 15.1. The van der Waals surface area contributed by atoms with Crippen molar-refractivity contribution in [1.29, 1.82) is 0 Å². The van der Waals surface area contributed by atoms with E-state index < -0.39 is 0 Å². The maximum atomic E-state index is 4.58. The third kappa shape index (κ3) is 2.87. The number of likely N-dealkylation sites (tertiary alicyclic amines) is 1. The third-order valence-corrected chi connectivity index (χ3v) is 4.88. The van der Waals surface area contributed by atoms with Crippen molar-refractivity contribution in [2.24, 2.45) is 0 Å². The monoisotopic (exact) mass is 321 g/mol. The maximum absolute atomic E-state index is 4.58. The molecule has 5 nitrogen and oxygen atoms in total. The van der Waals surface area contributed by atoms with Crippen LogP contribution in [0.15, 0.2) is 48.9 Å². The summed E-state index contributed by atoms with van der Waals surface area (Å²) in [5.41, 5.74) is 2.30. The fraction of sp³-hybridized carbons (Fsp3) is 0.368. The van der Waals surface area contributed by atoms with Crippen LogP contribution >= 0.6 is 0 Å². The van der Waals surface area contributed by atoms with E-state index in [1.54, 1.807) is 6.33 Å². The molecule has 0 spiro atoms. The second-order valence-corrected chi connectivity index (χ2v) is 6.39. The Morgan fingerprint density at radius 2 is 2.08 bits per heavy atom. The van der Waals surface area contributed by atoms with E-state index in [0.29, 0.717) is 6.04 Å². The first-order chi connectivity index (χ1) is 11.8. The summed E-state index contributed by atoms with van der Waals surface area (Å²) in [6.45, 7) is 6.41. The number of hydrogen-bond donors (Lipinski definition) is 1. The maximum Gasteiger partial charge on any atom is 0.142 e. The summed E-state index contributed by atoms with van der Waals surface area (Å²) in [5.74, 6) is 1.05. The fourth-order valence-electron chi connectivity index (χ4n) is 3.72. The number of fused-ring (bicyclic) bond motifs is 1. The first-order valence-corrected chi connectivity index (χ1v) is 8.66. The molecule has 1 N–H and O–H groups in total. The van der Waals surface area contributed by atoms with Crippen molar-refractivity contribution >= 4 is 16.9 Å². The number of aromatic amines is 1. The van der Waals surface area contributed by atoms with Crippen molar-refractivity contribution in [3.05, 3.63) is 54.5 Å². The Morgan fingerprint density at radius 3 is 2.92 bits per heavy atom. The number of H-pyrrole nitrogens is 1. The fourth-order valence-corrected chi connectivity index (χ4v) is 3.72. The number of rotatable bonds is 5. The smallest absolute Gasteiger partial charge is 0.142 e. The predicted molar refractivity (Wildman–Crippen MR) is 97.0 cm³/mol.